The standard InChI is InChI=1S/C17H20N2O3/c20-16(8-9-17(21)22)19-13-11-18(12-14-19)10-4-7-15-5-2-1-3-6-15/h1-9H,10-14H2,(H,21,22)/b7-4+,9-8+. The van der Waals surface area contributed by atoms with E-state index in [0.29, 0.717) is 13.1 Å². The molecule has 1 aromatic rings. The van der Waals surface area contributed by atoms with E-state index in [2.05, 4.69) is 29.2 Å². The lowest BCUT2D eigenvalue weighted by Gasteiger charge is -2.33. The molecule has 0 saturated carbocycles. The van der Waals surface area contributed by atoms with E-state index in [1.165, 1.54) is 5.56 Å². The number of carboxylic acid groups (broad SMARTS) is 1. The van der Waals surface area contributed by atoms with Crippen LogP contribution >= 0.6 is 0 Å². The van der Waals surface area contributed by atoms with Gasteiger partial charge in [0.25, 0.3) is 0 Å². The lowest BCUT2D eigenvalue weighted by molar-refractivity contribution is -0.132. The molecule has 0 radical (unpaired) electrons. The Balaban J connectivity index is 1.74. The summed E-state index contributed by atoms with van der Waals surface area (Å²) in [6.45, 7) is 3.70. The third-order valence-corrected chi connectivity index (χ3v) is 3.53. The molecule has 0 unspecified atom stereocenters. The monoisotopic (exact) mass is 300 g/mol. The zero-order chi connectivity index (χ0) is 15.8. The Labute approximate surface area is 130 Å². The number of benzene rings is 1. The summed E-state index contributed by atoms with van der Waals surface area (Å²) < 4.78 is 0. The molecular weight excluding hydrogens is 280 g/mol. The zero-order valence-electron chi connectivity index (χ0n) is 12.4. The van der Waals surface area contributed by atoms with E-state index in [-0.39, 0.29) is 5.91 Å². The normalized spacial score (nSPS) is 16.5. The van der Waals surface area contributed by atoms with Crippen molar-refractivity contribution in [1.29, 1.82) is 0 Å². The van der Waals surface area contributed by atoms with Gasteiger partial charge in [-0.2, -0.15) is 0 Å². The van der Waals surface area contributed by atoms with Crippen molar-refractivity contribution in [3.63, 3.8) is 0 Å². The minimum Gasteiger partial charge on any atom is -0.478 e. The highest BCUT2D eigenvalue weighted by Crippen LogP contribution is 2.05. The Morgan fingerprint density at radius 2 is 1.73 bits per heavy atom. The maximum atomic E-state index is 11.8. The molecule has 0 spiro atoms. The summed E-state index contributed by atoms with van der Waals surface area (Å²) in [5.41, 5.74) is 1.18. The van der Waals surface area contributed by atoms with E-state index >= 15 is 0 Å². The van der Waals surface area contributed by atoms with E-state index in [1.54, 1.807) is 4.90 Å². The predicted octanol–water partition coefficient (Wildman–Crippen LogP) is 1.48. The Bertz CT molecular complexity index is 559. The zero-order valence-corrected chi connectivity index (χ0v) is 12.4. The van der Waals surface area contributed by atoms with Crippen molar-refractivity contribution in [2.45, 2.75) is 0 Å². The van der Waals surface area contributed by atoms with Crippen LogP contribution in [-0.2, 0) is 9.59 Å². The van der Waals surface area contributed by atoms with Crippen molar-refractivity contribution in [3.8, 4) is 0 Å². The lowest BCUT2D eigenvalue weighted by Crippen LogP contribution is -2.48. The van der Waals surface area contributed by atoms with E-state index in [0.717, 1.165) is 31.8 Å². The second kappa shape index (κ2) is 8.14. The highest BCUT2D eigenvalue weighted by molar-refractivity contribution is 5.93. The van der Waals surface area contributed by atoms with Gasteiger partial charge in [0.2, 0.25) is 5.91 Å². The van der Waals surface area contributed by atoms with Crippen molar-refractivity contribution < 1.29 is 14.7 Å². The summed E-state index contributed by atoms with van der Waals surface area (Å²) in [6.07, 6.45) is 6.22. The maximum absolute atomic E-state index is 11.8. The fourth-order valence-electron chi connectivity index (χ4n) is 2.30. The van der Waals surface area contributed by atoms with Gasteiger partial charge in [0.15, 0.2) is 0 Å². The van der Waals surface area contributed by atoms with Crippen molar-refractivity contribution in [2.75, 3.05) is 32.7 Å². The number of aliphatic carboxylic acids is 1. The van der Waals surface area contributed by atoms with Crippen molar-refractivity contribution in [2.24, 2.45) is 0 Å². The molecule has 0 aromatic heterocycles. The Morgan fingerprint density at radius 3 is 2.36 bits per heavy atom. The first-order chi connectivity index (χ1) is 10.6. The fraction of sp³-hybridized carbons (Fsp3) is 0.294. The van der Waals surface area contributed by atoms with Crippen LogP contribution in [-0.4, -0.2) is 59.5 Å². The number of carboxylic acids is 1. The predicted molar refractivity (Wildman–Crippen MR) is 85.3 cm³/mol. The number of hydrogen-bond acceptors (Lipinski definition) is 3. The number of hydrogen-bond donors (Lipinski definition) is 1. The van der Waals surface area contributed by atoms with Crippen molar-refractivity contribution in [3.05, 3.63) is 54.1 Å². The largest absolute Gasteiger partial charge is 0.478 e. The third-order valence-electron chi connectivity index (χ3n) is 3.53. The second-order valence-electron chi connectivity index (χ2n) is 5.11. The molecule has 1 fully saturated rings. The molecule has 1 aromatic carbocycles. The van der Waals surface area contributed by atoms with E-state index in [4.69, 9.17) is 5.11 Å². The van der Waals surface area contributed by atoms with Crippen LogP contribution in [0.1, 0.15) is 5.56 Å². The molecule has 1 saturated heterocycles. The van der Waals surface area contributed by atoms with Crippen molar-refractivity contribution in [1.82, 2.24) is 9.80 Å². The van der Waals surface area contributed by atoms with Gasteiger partial charge in [0, 0.05) is 44.9 Å². The topological polar surface area (TPSA) is 60.9 Å². The Kier molecular flexibility index (Phi) is 5.91. The molecule has 1 aliphatic rings. The van der Waals surface area contributed by atoms with Crippen LogP contribution in [0.15, 0.2) is 48.6 Å². The molecule has 1 N–H and O–H groups in total. The minimum atomic E-state index is -1.10. The number of piperazine rings is 1. The highest BCUT2D eigenvalue weighted by Gasteiger charge is 2.18. The molecule has 5 nitrogen and oxygen atoms in total. The van der Waals surface area contributed by atoms with Crippen LogP contribution in [0.3, 0.4) is 0 Å². The van der Waals surface area contributed by atoms with E-state index in [9.17, 15) is 9.59 Å². The summed E-state index contributed by atoms with van der Waals surface area (Å²) in [5.74, 6) is -1.33. The SMILES string of the molecule is O=C(O)/C=C/C(=O)N1CCN(C/C=C/c2ccccc2)CC1. The summed E-state index contributed by atoms with van der Waals surface area (Å²) in [5, 5.41) is 8.52. The van der Waals surface area contributed by atoms with Crippen LogP contribution in [0.4, 0.5) is 0 Å². The number of carbonyl (C=O) groups excluding carboxylic acids is 1. The number of nitrogens with zero attached hydrogens (tertiary/aromatic N) is 2. The van der Waals surface area contributed by atoms with Crippen LogP contribution in [0.5, 0.6) is 0 Å². The average molecular weight is 300 g/mol. The molecule has 2 rings (SSSR count). The lowest BCUT2D eigenvalue weighted by atomic mass is 10.2. The molecule has 116 valence electrons. The molecule has 1 heterocycles. The molecule has 1 amide bonds. The summed E-state index contributed by atoms with van der Waals surface area (Å²) in [7, 11) is 0. The van der Waals surface area contributed by atoms with E-state index in [1.807, 2.05) is 18.2 Å². The second-order valence-corrected chi connectivity index (χ2v) is 5.11. The first kappa shape index (κ1) is 16.0. The molecule has 0 aliphatic carbocycles. The Hall–Kier alpha value is -2.40. The molecule has 5 heteroatoms. The summed E-state index contributed by atoms with van der Waals surface area (Å²) >= 11 is 0. The van der Waals surface area contributed by atoms with Crippen LogP contribution in [0.2, 0.25) is 0 Å². The number of carbonyl (C=O) groups is 2. The molecule has 22 heavy (non-hydrogen) atoms. The minimum absolute atomic E-state index is 0.234. The third kappa shape index (κ3) is 5.18. The molecule has 1 aliphatic heterocycles. The first-order valence-corrected chi connectivity index (χ1v) is 7.29. The van der Waals surface area contributed by atoms with Crippen LogP contribution < -0.4 is 0 Å². The van der Waals surface area contributed by atoms with Gasteiger partial charge in [-0.1, -0.05) is 42.5 Å². The summed E-state index contributed by atoms with van der Waals surface area (Å²) in [6, 6.07) is 10.1. The number of rotatable bonds is 5. The highest BCUT2D eigenvalue weighted by atomic mass is 16.4. The smallest absolute Gasteiger partial charge is 0.328 e. The first-order valence-electron chi connectivity index (χ1n) is 7.29. The molecule has 0 bridgehead atoms. The number of amides is 1. The van der Waals surface area contributed by atoms with Crippen LogP contribution in [0, 0.1) is 0 Å². The average Bonchev–Trinajstić information content (AvgIpc) is 2.54. The maximum Gasteiger partial charge on any atom is 0.328 e. The summed E-state index contributed by atoms with van der Waals surface area (Å²) in [4.78, 5) is 26.1. The van der Waals surface area contributed by atoms with Gasteiger partial charge in [-0.15, -0.1) is 0 Å². The quantitative estimate of drug-likeness (QED) is 0.837. The van der Waals surface area contributed by atoms with Gasteiger partial charge in [-0.25, -0.2) is 4.79 Å². The molecular formula is C17H20N2O3. The molecule has 0 atom stereocenters. The van der Waals surface area contributed by atoms with Gasteiger partial charge in [-0.3, -0.25) is 9.69 Å². The van der Waals surface area contributed by atoms with Gasteiger partial charge in [-0.05, 0) is 5.56 Å². The van der Waals surface area contributed by atoms with Crippen LogP contribution in [0.25, 0.3) is 6.08 Å². The van der Waals surface area contributed by atoms with Gasteiger partial charge in [0.1, 0.15) is 0 Å². The van der Waals surface area contributed by atoms with Crippen molar-refractivity contribution >= 4 is 18.0 Å². The van der Waals surface area contributed by atoms with E-state index < -0.39 is 5.97 Å². The van der Waals surface area contributed by atoms with Gasteiger partial charge < -0.3 is 10.0 Å². The fourth-order valence-corrected chi connectivity index (χ4v) is 2.30. The Morgan fingerprint density at radius 1 is 1.05 bits per heavy atom. The van der Waals surface area contributed by atoms with Gasteiger partial charge in [0.05, 0.1) is 0 Å². The van der Waals surface area contributed by atoms with Gasteiger partial charge >= 0.3 is 5.97 Å².